The Morgan fingerprint density at radius 1 is 0.768 bits per heavy atom. The summed E-state index contributed by atoms with van der Waals surface area (Å²) >= 11 is 5.58. The summed E-state index contributed by atoms with van der Waals surface area (Å²) in [7, 11) is 2.91. The van der Waals surface area contributed by atoms with Gasteiger partial charge in [0.15, 0.2) is 13.2 Å². The van der Waals surface area contributed by atoms with E-state index in [1.807, 2.05) is 25.7 Å². The lowest BCUT2D eigenvalue weighted by atomic mass is 9.75. The van der Waals surface area contributed by atoms with Crippen molar-refractivity contribution in [1.29, 1.82) is 13.4 Å². The maximum absolute atomic E-state index is 14.7. The molecule has 3 aromatic carbocycles. The van der Waals surface area contributed by atoms with E-state index < -0.39 is 97.9 Å². The first-order valence-electron chi connectivity index (χ1n) is 30.9. The molecule has 2 heterocycles. The third kappa shape index (κ3) is 18.1. The van der Waals surface area contributed by atoms with E-state index in [1.165, 1.54) is 73.5 Å². The molecule has 436 valence electrons. The first-order chi connectivity index (χ1) is 43.4. The summed E-state index contributed by atoms with van der Waals surface area (Å²) in [6.45, 7) is 14.9. The summed E-state index contributed by atoms with van der Waals surface area (Å²) in [6, 6.07) is 15.1. The second kappa shape index (κ2) is 31.0. The first-order valence-corrected chi connectivity index (χ1v) is 29.0. The Morgan fingerprint density at radius 3 is 1.61 bits per heavy atom. The van der Waals surface area contributed by atoms with Crippen LogP contribution in [0.15, 0.2) is 66.9 Å². The molecule has 5 saturated carbocycles. The molecule has 5 aliphatic carbocycles. The molecule has 0 bridgehead atoms. The zero-order chi connectivity index (χ0) is 71.9. The lowest BCUT2D eigenvalue weighted by Gasteiger charge is -2.43. The number of halogens is 3. The van der Waals surface area contributed by atoms with E-state index in [1.54, 1.807) is 13.0 Å². The molecular formula is C58H70F3N11O8SSi. The normalized spacial score (nSPS) is 23.5. The number of Topliss-reactive ketones (excluding diaryl/α,β-unsaturated/α-hetero) is 3. The number of aromatic nitrogens is 1. The van der Waals surface area contributed by atoms with Gasteiger partial charge in [-0.25, -0.2) is 18.4 Å². The summed E-state index contributed by atoms with van der Waals surface area (Å²) in [5, 5.41) is 27.1. The van der Waals surface area contributed by atoms with Gasteiger partial charge in [0.05, 0.1) is 28.4 Å². The van der Waals surface area contributed by atoms with Crippen LogP contribution in [-0.2, 0) is 19.2 Å². The number of nitrogen functional groups attached to an aromatic ring is 1. The largest absolute Gasteiger partial charge is 0.412 e. The van der Waals surface area contributed by atoms with Crippen LogP contribution in [0, 0.1) is 53.2 Å². The highest BCUT2D eigenvalue weighted by molar-refractivity contribution is 7.81. The molecule has 2 unspecified atom stereocenters. The maximum atomic E-state index is 14.7. The van der Waals surface area contributed by atoms with Gasteiger partial charge in [-0.05, 0) is 143 Å². The molecule has 1 saturated heterocycles. The van der Waals surface area contributed by atoms with Crippen molar-refractivity contribution in [3.63, 3.8) is 0 Å². The predicted octanol–water partition coefficient (Wildman–Crippen LogP) is 9.09. The van der Waals surface area contributed by atoms with Crippen LogP contribution in [0.5, 0.6) is 0 Å². The molecule has 2 atom stereocenters. The average Bonchev–Trinajstić information content (AvgIpc) is 1.50. The molecular weight excluding hydrogens is 1100 g/mol. The number of amides is 4. The molecule has 24 heteroatoms. The van der Waals surface area contributed by atoms with Crippen molar-refractivity contribution < 1.29 is 65.9 Å². The monoisotopic (exact) mass is 1180 g/mol. The van der Waals surface area contributed by atoms with Gasteiger partial charge in [0.25, 0.3) is 29.4 Å². The topological polar surface area (TPSA) is 296 Å². The van der Waals surface area contributed by atoms with Crippen molar-refractivity contribution in [3.05, 3.63) is 118 Å². The minimum atomic E-state index is -1.92. The summed E-state index contributed by atoms with van der Waals surface area (Å²) in [5.41, 5.74) is 8.64. The Hall–Kier alpha value is -8.37. The number of anilines is 4. The van der Waals surface area contributed by atoms with Crippen molar-refractivity contribution in [3.8, 4) is 11.8 Å². The van der Waals surface area contributed by atoms with Crippen LogP contribution in [0.25, 0.3) is 4.85 Å². The summed E-state index contributed by atoms with van der Waals surface area (Å²) in [4.78, 5) is 88.2. The molecule has 82 heavy (non-hydrogen) atoms. The number of carbonyl (C=O) groups excluding carboxylic acids is 7. The fraction of sp³-hybridized carbons (Fsp3) is 0.414. The smallest absolute Gasteiger partial charge is 0.272 e. The Balaban J connectivity index is 0.000000316. The van der Waals surface area contributed by atoms with Gasteiger partial charge in [-0.2, -0.15) is 5.26 Å². The van der Waals surface area contributed by atoms with Crippen LogP contribution >= 0.6 is 12.2 Å². The number of rotatable bonds is 7. The average molecular weight is 1180 g/mol. The Morgan fingerprint density at radius 2 is 1.29 bits per heavy atom. The fourth-order valence-corrected chi connectivity index (χ4v) is 7.45. The number of aryl methyl sites for hydroxylation is 1. The number of nitriles is 2. The van der Waals surface area contributed by atoms with Crippen molar-refractivity contribution in [2.45, 2.75) is 134 Å². The molecule has 1 aliphatic heterocycles. The van der Waals surface area contributed by atoms with Crippen LogP contribution in [0.2, 0.25) is 19.6 Å². The number of thiocarbonyl (C=S) groups is 1. The third-order valence-corrected chi connectivity index (χ3v) is 13.1. The first kappa shape index (κ1) is 50.6. The molecule has 1 aromatic heterocycles. The van der Waals surface area contributed by atoms with Crippen molar-refractivity contribution in [1.82, 2.24) is 20.9 Å². The van der Waals surface area contributed by atoms with E-state index >= 15 is 0 Å². The number of nitrogens with two attached hydrogens (primary N) is 1. The second-order valence-electron chi connectivity index (χ2n) is 19.1. The van der Waals surface area contributed by atoms with Gasteiger partial charge < -0.3 is 42.2 Å². The zero-order valence-electron chi connectivity index (χ0n) is 58.0. The molecule has 6 aliphatic rings. The van der Waals surface area contributed by atoms with E-state index in [0.717, 1.165) is 37.5 Å². The van der Waals surface area contributed by atoms with Gasteiger partial charge in [0.2, 0.25) is 2.86 Å². The minimum absolute atomic E-state index is 0.00620. The summed E-state index contributed by atoms with van der Waals surface area (Å²) < 4.78 is 125. The quantitative estimate of drug-likeness (QED) is 0.0499. The number of hydrogen-bond acceptors (Lipinski definition) is 13. The Labute approximate surface area is 499 Å². The molecule has 4 amide bonds. The van der Waals surface area contributed by atoms with Gasteiger partial charge in [0.1, 0.15) is 52.1 Å². The summed E-state index contributed by atoms with van der Waals surface area (Å²) in [6.07, 6.45) is -3.13. The fourth-order valence-electron chi connectivity index (χ4n) is 7.00. The van der Waals surface area contributed by atoms with Gasteiger partial charge >= 0.3 is 0 Å². The van der Waals surface area contributed by atoms with E-state index in [-0.39, 0.29) is 70.5 Å². The van der Waals surface area contributed by atoms with Gasteiger partial charge in [-0.3, -0.25) is 38.5 Å². The molecule has 0 radical (unpaired) electrons. The van der Waals surface area contributed by atoms with Crippen molar-refractivity contribution in [2.75, 3.05) is 42.0 Å². The lowest BCUT2D eigenvalue weighted by molar-refractivity contribution is -0.124. The van der Waals surface area contributed by atoms with Gasteiger partial charge in [-0.1, -0.05) is 26.2 Å². The molecule has 1 spiro atoms. The number of nitrogens with one attached hydrogen (secondary N) is 4. The maximum Gasteiger partial charge on any atom is 0.272 e. The van der Waals surface area contributed by atoms with Crippen LogP contribution in [-0.4, -0.2) is 99.7 Å². The Kier molecular flexibility index (Phi) is 19.1. The van der Waals surface area contributed by atoms with Crippen LogP contribution in [0.4, 0.5) is 41.7 Å². The highest BCUT2D eigenvalue weighted by atomic mass is 32.1. The van der Waals surface area contributed by atoms with Crippen molar-refractivity contribution >= 4 is 95.0 Å². The number of carbonyl (C=O) groups is 7. The Bertz CT molecular complexity index is 3670. The van der Waals surface area contributed by atoms with E-state index in [2.05, 4.69) is 42.3 Å². The SMILES string of the molecule is CNC(=O)c1ccc(N)cc1F.C[Si](C)(C)C#N.O=C1CCC1.[2H]C1([2H])CC([2H])([2H])C1=O.[2H]C1([2H])CCC1(C#N)Nc1ccc(C(=O)NC)c(F)c1.[2H]C1([2H])CCC12C(=O)N(c1cnc([N+]#[C-])c(C)c1)C(=S)N2c1ccc(C(=O)NC)c(F)c1.[2H]C1([2H])CCC1=O.[2H]O[2H]. The predicted molar refractivity (Wildman–Crippen MR) is 313 cm³/mol. The second-order valence-corrected chi connectivity index (χ2v) is 24.2. The van der Waals surface area contributed by atoms with E-state index in [0.29, 0.717) is 42.0 Å². The zero-order valence-corrected chi connectivity index (χ0v) is 47.8. The molecule has 4 aromatic rings. The molecule has 8 N–H and O–H groups in total. The summed E-state index contributed by atoms with van der Waals surface area (Å²) in [5.74, 6) is -4.86. The van der Waals surface area contributed by atoms with E-state index in [4.69, 9.17) is 46.4 Å². The number of benzene rings is 3. The molecule has 10 rings (SSSR count). The minimum Gasteiger partial charge on any atom is -0.412 e. The number of pyridine rings is 1. The number of nitrogens with zero attached hydrogens (tertiary/aromatic N) is 6. The molecule has 19 nitrogen and oxygen atoms in total. The molecule has 6 fully saturated rings. The van der Waals surface area contributed by atoms with Crippen LogP contribution in [0.1, 0.15) is 146 Å². The lowest BCUT2D eigenvalue weighted by Crippen LogP contribution is -2.55. The van der Waals surface area contributed by atoms with Crippen LogP contribution in [0.3, 0.4) is 0 Å². The highest BCUT2D eigenvalue weighted by Crippen LogP contribution is 2.48. The van der Waals surface area contributed by atoms with Gasteiger partial charge in [-0.15, -0.1) is 4.98 Å². The highest BCUT2D eigenvalue weighted by Gasteiger charge is 2.60. The van der Waals surface area contributed by atoms with Crippen LogP contribution < -0.4 is 36.8 Å². The standard InChI is InChI=1S/C21H18FN5O2S.C13H14FN3O.C8H9FN2O.C4H9NSi.3C4H6O.H2O/c1-12-9-14(11-25-17(12)23-2)26-19(29)21(7-4-8-21)27(20(26)30)13-5-6-15(16(22)10-13)18(28)24-3;1-16-12(18)10-4-3-9(7-11(10)14)17-13(8-15)5-2-6-13;1-11-8(12)6-3-2-5(10)4-7(6)9;1-6(2,3)4-5;3*5-4-2-1-3-4;/h5-6,9-11H,4,7-8H2,1,3H3,(H,24,28);3-4,7,17H,2,5-6H2,1H3,(H,16,18);2-4H,10H2,1H3,(H,11,12);1-3H3;3*1-3H2;1H2/i7D2;5D2;;;2D2,3D2;2D2;;/hD2. The number of ketones is 3. The number of hydrogen-bond donors (Lipinski definition) is 5. The van der Waals surface area contributed by atoms with E-state index in [9.17, 15) is 52.0 Å². The van der Waals surface area contributed by atoms with Gasteiger partial charge in [0, 0.05) is 96.0 Å². The van der Waals surface area contributed by atoms with Crippen molar-refractivity contribution in [2.24, 2.45) is 0 Å². The third-order valence-electron chi connectivity index (χ3n) is 12.1.